The number of halogens is 1. The van der Waals surface area contributed by atoms with E-state index in [0.717, 1.165) is 25.2 Å². The van der Waals surface area contributed by atoms with Crippen LogP contribution >= 0.6 is 0 Å². The van der Waals surface area contributed by atoms with Crippen LogP contribution in [0.1, 0.15) is 68.1 Å². The summed E-state index contributed by atoms with van der Waals surface area (Å²) in [4.78, 5) is 26.6. The molecule has 1 aromatic carbocycles. The lowest BCUT2D eigenvalue weighted by Gasteiger charge is -2.33. The minimum absolute atomic E-state index is 0.0787. The number of nitrogens with zero attached hydrogens (tertiary/aromatic N) is 1. The Morgan fingerprint density at radius 1 is 1.00 bits per heavy atom. The van der Waals surface area contributed by atoms with Gasteiger partial charge in [-0.2, -0.15) is 0 Å². The topological polar surface area (TPSA) is 49.4 Å². The molecule has 1 aromatic rings. The first-order valence-electron chi connectivity index (χ1n) is 9.96. The van der Waals surface area contributed by atoms with E-state index < -0.39 is 0 Å². The fraction of sp³-hybridized carbons (Fsp3) is 0.619. The maximum absolute atomic E-state index is 12.9. The number of rotatable bonds is 5. The van der Waals surface area contributed by atoms with Crippen LogP contribution in [0.4, 0.5) is 4.39 Å². The van der Waals surface area contributed by atoms with Crippen LogP contribution in [0.25, 0.3) is 0 Å². The average molecular weight is 360 g/mol. The zero-order valence-corrected chi connectivity index (χ0v) is 15.4. The molecule has 0 spiro atoms. The van der Waals surface area contributed by atoms with Crippen LogP contribution in [-0.4, -0.2) is 35.8 Å². The molecule has 1 heterocycles. The highest BCUT2D eigenvalue weighted by Gasteiger charge is 2.25. The molecule has 2 aliphatic rings. The quantitative estimate of drug-likeness (QED) is 0.865. The van der Waals surface area contributed by atoms with E-state index in [-0.39, 0.29) is 23.7 Å². The Hall–Kier alpha value is -1.91. The standard InChI is InChI=1S/C21H29FN2O2/c22-18-9-7-17(8-10-18)21(26)23-19-12-14-24(15-13-19)20(25)11-6-16-4-2-1-3-5-16/h7-10,16,19H,1-6,11-15H2,(H,23,26). The lowest BCUT2D eigenvalue weighted by atomic mass is 9.86. The molecule has 1 saturated carbocycles. The van der Waals surface area contributed by atoms with Gasteiger partial charge in [-0.25, -0.2) is 4.39 Å². The highest BCUT2D eigenvalue weighted by atomic mass is 19.1. The van der Waals surface area contributed by atoms with Crippen molar-refractivity contribution in [3.05, 3.63) is 35.6 Å². The predicted molar refractivity (Wildman–Crippen MR) is 99.3 cm³/mol. The molecule has 2 amide bonds. The Bertz CT molecular complexity index is 603. The third kappa shape index (κ3) is 5.29. The number of likely N-dealkylation sites (tertiary alicyclic amines) is 1. The number of benzene rings is 1. The maximum atomic E-state index is 12.9. The molecule has 0 atom stereocenters. The van der Waals surface area contributed by atoms with Gasteiger partial charge in [-0.05, 0) is 49.4 Å². The third-order valence-corrected chi connectivity index (χ3v) is 5.78. The minimum atomic E-state index is -0.346. The van der Waals surface area contributed by atoms with Crippen LogP contribution in [0.15, 0.2) is 24.3 Å². The van der Waals surface area contributed by atoms with Crippen LogP contribution < -0.4 is 5.32 Å². The van der Waals surface area contributed by atoms with E-state index >= 15 is 0 Å². The normalized spacial score (nSPS) is 19.3. The van der Waals surface area contributed by atoms with Gasteiger partial charge in [0.15, 0.2) is 0 Å². The number of amides is 2. The van der Waals surface area contributed by atoms with Crippen LogP contribution in [-0.2, 0) is 4.79 Å². The van der Waals surface area contributed by atoms with Gasteiger partial charge in [-0.3, -0.25) is 9.59 Å². The molecule has 142 valence electrons. The summed E-state index contributed by atoms with van der Waals surface area (Å²) in [6.45, 7) is 1.41. The van der Waals surface area contributed by atoms with Crippen molar-refractivity contribution >= 4 is 11.8 Å². The van der Waals surface area contributed by atoms with E-state index in [4.69, 9.17) is 0 Å². The van der Waals surface area contributed by atoms with Crippen molar-refractivity contribution < 1.29 is 14.0 Å². The minimum Gasteiger partial charge on any atom is -0.349 e. The summed E-state index contributed by atoms with van der Waals surface area (Å²) >= 11 is 0. The molecule has 1 N–H and O–H groups in total. The Balaban J connectivity index is 1.38. The zero-order chi connectivity index (χ0) is 18.4. The Labute approximate surface area is 155 Å². The molecule has 4 nitrogen and oxygen atoms in total. The molecule has 3 rings (SSSR count). The highest BCUT2D eigenvalue weighted by molar-refractivity contribution is 5.94. The summed E-state index contributed by atoms with van der Waals surface area (Å²) in [5.74, 6) is 0.479. The molecule has 0 unspecified atom stereocenters. The average Bonchev–Trinajstić information content (AvgIpc) is 2.68. The van der Waals surface area contributed by atoms with Gasteiger partial charge in [0.25, 0.3) is 5.91 Å². The van der Waals surface area contributed by atoms with Crippen LogP contribution in [0.2, 0.25) is 0 Å². The fourth-order valence-corrected chi connectivity index (χ4v) is 4.10. The summed E-state index contributed by atoms with van der Waals surface area (Å²) in [6, 6.07) is 5.66. The molecule has 0 aromatic heterocycles. The molecule has 1 aliphatic heterocycles. The van der Waals surface area contributed by atoms with Crippen LogP contribution in [0.5, 0.6) is 0 Å². The second kappa shape index (κ2) is 9.15. The van der Waals surface area contributed by atoms with Crippen molar-refractivity contribution in [1.29, 1.82) is 0 Å². The van der Waals surface area contributed by atoms with Crippen molar-refractivity contribution in [3.63, 3.8) is 0 Å². The highest BCUT2D eigenvalue weighted by Crippen LogP contribution is 2.27. The van der Waals surface area contributed by atoms with Crippen molar-refractivity contribution in [3.8, 4) is 0 Å². The number of hydrogen-bond acceptors (Lipinski definition) is 2. The molecule has 5 heteroatoms. The smallest absolute Gasteiger partial charge is 0.251 e. The third-order valence-electron chi connectivity index (χ3n) is 5.78. The number of nitrogens with one attached hydrogen (secondary N) is 1. The Morgan fingerprint density at radius 2 is 1.65 bits per heavy atom. The van der Waals surface area contributed by atoms with Gasteiger partial charge in [-0.15, -0.1) is 0 Å². The molecular formula is C21H29FN2O2. The Kier molecular flexibility index (Phi) is 6.64. The maximum Gasteiger partial charge on any atom is 0.251 e. The van der Waals surface area contributed by atoms with E-state index in [9.17, 15) is 14.0 Å². The summed E-state index contributed by atoms with van der Waals surface area (Å²) in [5, 5.41) is 3.00. The summed E-state index contributed by atoms with van der Waals surface area (Å²) in [7, 11) is 0. The van der Waals surface area contributed by atoms with Gasteiger partial charge in [-0.1, -0.05) is 32.1 Å². The van der Waals surface area contributed by atoms with E-state index in [1.165, 1.54) is 56.4 Å². The molecule has 0 bridgehead atoms. The van der Waals surface area contributed by atoms with Gasteiger partial charge >= 0.3 is 0 Å². The van der Waals surface area contributed by atoms with Crippen molar-refractivity contribution in [2.75, 3.05) is 13.1 Å². The van der Waals surface area contributed by atoms with Gasteiger partial charge < -0.3 is 10.2 Å². The van der Waals surface area contributed by atoms with Crippen molar-refractivity contribution in [2.45, 2.75) is 63.8 Å². The molecule has 1 saturated heterocycles. The first kappa shape index (κ1) is 18.9. The van der Waals surface area contributed by atoms with Crippen LogP contribution in [0, 0.1) is 11.7 Å². The lowest BCUT2D eigenvalue weighted by molar-refractivity contribution is -0.132. The first-order chi connectivity index (χ1) is 12.6. The molecular weight excluding hydrogens is 331 g/mol. The molecule has 26 heavy (non-hydrogen) atoms. The van der Waals surface area contributed by atoms with E-state index in [1.54, 1.807) is 0 Å². The number of carbonyl (C=O) groups excluding carboxylic acids is 2. The fourth-order valence-electron chi connectivity index (χ4n) is 4.10. The van der Waals surface area contributed by atoms with Gasteiger partial charge in [0.2, 0.25) is 5.91 Å². The molecule has 2 fully saturated rings. The van der Waals surface area contributed by atoms with Crippen molar-refractivity contribution in [2.24, 2.45) is 5.92 Å². The summed E-state index contributed by atoms with van der Waals surface area (Å²) in [6.07, 6.45) is 9.80. The first-order valence-corrected chi connectivity index (χ1v) is 9.96. The summed E-state index contributed by atoms with van der Waals surface area (Å²) < 4.78 is 12.9. The number of carbonyl (C=O) groups is 2. The number of piperidine rings is 1. The lowest BCUT2D eigenvalue weighted by Crippen LogP contribution is -2.46. The molecule has 0 radical (unpaired) electrons. The monoisotopic (exact) mass is 360 g/mol. The van der Waals surface area contributed by atoms with Crippen LogP contribution in [0.3, 0.4) is 0 Å². The SMILES string of the molecule is O=C(NC1CCN(C(=O)CCC2CCCCC2)CC1)c1ccc(F)cc1. The Morgan fingerprint density at radius 3 is 2.31 bits per heavy atom. The predicted octanol–water partition coefficient (Wildman–Crippen LogP) is 3.91. The largest absolute Gasteiger partial charge is 0.349 e. The number of hydrogen-bond donors (Lipinski definition) is 1. The second-order valence-electron chi connectivity index (χ2n) is 7.68. The zero-order valence-electron chi connectivity index (χ0n) is 15.4. The van der Waals surface area contributed by atoms with Gasteiger partial charge in [0.05, 0.1) is 0 Å². The van der Waals surface area contributed by atoms with Crippen molar-refractivity contribution in [1.82, 2.24) is 10.2 Å². The van der Waals surface area contributed by atoms with Gasteiger partial charge in [0, 0.05) is 31.1 Å². The summed E-state index contributed by atoms with van der Waals surface area (Å²) in [5.41, 5.74) is 0.470. The second-order valence-corrected chi connectivity index (χ2v) is 7.68. The molecule has 1 aliphatic carbocycles. The van der Waals surface area contributed by atoms with E-state index in [2.05, 4.69) is 5.32 Å². The van der Waals surface area contributed by atoms with E-state index in [0.29, 0.717) is 25.1 Å². The van der Waals surface area contributed by atoms with Gasteiger partial charge in [0.1, 0.15) is 5.82 Å². The van der Waals surface area contributed by atoms with E-state index in [1.807, 2.05) is 4.90 Å².